The van der Waals surface area contributed by atoms with Gasteiger partial charge in [0.05, 0.1) is 11.5 Å². The molecule has 0 amide bonds. The Morgan fingerprint density at radius 1 is 0.875 bits per heavy atom. The fourth-order valence-corrected chi connectivity index (χ4v) is 5.10. The SMILES string of the molecule is CCCCCCc1cnc(-c2ccc([C@H]3CC[C@@](C#N)(CCCCCC)CC3)cc2)nc1. The molecule has 3 rings (SSSR count). The molecule has 172 valence electrons. The van der Waals surface area contributed by atoms with E-state index in [1.165, 1.54) is 62.5 Å². The maximum atomic E-state index is 9.84. The number of hydrogen-bond acceptors (Lipinski definition) is 3. The van der Waals surface area contributed by atoms with E-state index in [1.54, 1.807) is 0 Å². The molecule has 1 saturated carbocycles. The first-order valence-corrected chi connectivity index (χ1v) is 13.0. The molecule has 0 N–H and O–H groups in total. The van der Waals surface area contributed by atoms with Gasteiger partial charge in [0.15, 0.2) is 5.82 Å². The summed E-state index contributed by atoms with van der Waals surface area (Å²) in [5.74, 6) is 1.39. The Hall–Kier alpha value is -2.21. The van der Waals surface area contributed by atoms with Crippen molar-refractivity contribution in [2.24, 2.45) is 5.41 Å². The van der Waals surface area contributed by atoms with E-state index in [0.717, 1.165) is 49.9 Å². The average Bonchev–Trinajstić information content (AvgIpc) is 2.85. The Morgan fingerprint density at radius 2 is 1.50 bits per heavy atom. The molecule has 32 heavy (non-hydrogen) atoms. The Labute approximate surface area is 195 Å². The third kappa shape index (κ3) is 6.89. The molecule has 2 aromatic rings. The summed E-state index contributed by atoms with van der Waals surface area (Å²) >= 11 is 0. The number of benzene rings is 1. The molecule has 0 atom stereocenters. The van der Waals surface area contributed by atoms with Gasteiger partial charge in [0.2, 0.25) is 0 Å². The fourth-order valence-electron chi connectivity index (χ4n) is 5.10. The summed E-state index contributed by atoms with van der Waals surface area (Å²) in [6.45, 7) is 4.49. The quantitative estimate of drug-likeness (QED) is 0.317. The standard InChI is InChI=1S/C29H41N3/c1-3-5-7-9-11-24-21-31-28(32-22-24)27-14-12-25(13-15-27)26-16-19-29(23-30,20-17-26)18-10-8-6-4-2/h12-15,21-22,26H,3-11,16-20H2,1-2H3/t26-,29-. The summed E-state index contributed by atoms with van der Waals surface area (Å²) in [7, 11) is 0. The molecule has 0 radical (unpaired) electrons. The van der Waals surface area contributed by atoms with Crippen LogP contribution in [0.4, 0.5) is 0 Å². The van der Waals surface area contributed by atoms with E-state index in [2.05, 4.69) is 54.2 Å². The van der Waals surface area contributed by atoms with Crippen molar-refractivity contribution in [2.75, 3.05) is 0 Å². The average molecular weight is 432 g/mol. The number of nitrogens with zero attached hydrogens (tertiary/aromatic N) is 3. The molecule has 1 aromatic heterocycles. The summed E-state index contributed by atoms with van der Waals surface area (Å²) in [4.78, 5) is 9.23. The first-order valence-electron chi connectivity index (χ1n) is 13.0. The molecule has 0 bridgehead atoms. The lowest BCUT2D eigenvalue weighted by Crippen LogP contribution is -2.25. The third-order valence-corrected chi connectivity index (χ3v) is 7.35. The first-order chi connectivity index (χ1) is 15.7. The van der Waals surface area contributed by atoms with Crippen molar-refractivity contribution in [3.05, 3.63) is 47.8 Å². The van der Waals surface area contributed by atoms with Crippen molar-refractivity contribution in [1.29, 1.82) is 5.26 Å². The van der Waals surface area contributed by atoms with Crippen LogP contribution in [0, 0.1) is 16.7 Å². The van der Waals surface area contributed by atoms with Gasteiger partial charge in [-0.25, -0.2) is 9.97 Å². The zero-order valence-electron chi connectivity index (χ0n) is 20.3. The van der Waals surface area contributed by atoms with Crippen LogP contribution in [0.1, 0.15) is 114 Å². The number of unbranched alkanes of at least 4 members (excludes halogenated alkanes) is 6. The van der Waals surface area contributed by atoms with Gasteiger partial charge < -0.3 is 0 Å². The summed E-state index contributed by atoms with van der Waals surface area (Å²) < 4.78 is 0. The minimum Gasteiger partial charge on any atom is -0.236 e. The summed E-state index contributed by atoms with van der Waals surface area (Å²) in [6, 6.07) is 11.5. The van der Waals surface area contributed by atoms with Crippen LogP contribution < -0.4 is 0 Å². The second kappa shape index (κ2) is 12.7. The minimum atomic E-state index is -0.0731. The topological polar surface area (TPSA) is 49.6 Å². The zero-order chi connectivity index (χ0) is 22.7. The van der Waals surface area contributed by atoms with Gasteiger partial charge in [-0.1, -0.05) is 83.1 Å². The molecule has 1 fully saturated rings. The monoisotopic (exact) mass is 431 g/mol. The van der Waals surface area contributed by atoms with E-state index in [0.29, 0.717) is 5.92 Å². The van der Waals surface area contributed by atoms with E-state index in [1.807, 2.05) is 12.4 Å². The van der Waals surface area contributed by atoms with E-state index >= 15 is 0 Å². The molecule has 3 heteroatoms. The lowest BCUT2D eigenvalue weighted by Gasteiger charge is -2.35. The van der Waals surface area contributed by atoms with Gasteiger partial charge in [-0.2, -0.15) is 5.26 Å². The lowest BCUT2D eigenvalue weighted by atomic mass is 9.67. The van der Waals surface area contributed by atoms with Crippen molar-refractivity contribution in [2.45, 2.75) is 110 Å². The number of aryl methyl sites for hydroxylation is 1. The van der Waals surface area contributed by atoms with Crippen LogP contribution in [0.3, 0.4) is 0 Å². The van der Waals surface area contributed by atoms with Crippen LogP contribution in [0.25, 0.3) is 11.4 Å². The van der Waals surface area contributed by atoms with Crippen LogP contribution in [-0.4, -0.2) is 9.97 Å². The fraction of sp³-hybridized carbons (Fsp3) is 0.621. The number of rotatable bonds is 12. The molecule has 1 aliphatic carbocycles. The maximum absolute atomic E-state index is 9.84. The molecule has 1 heterocycles. The predicted molar refractivity (Wildman–Crippen MR) is 133 cm³/mol. The summed E-state index contributed by atoms with van der Waals surface area (Å²) in [5.41, 5.74) is 3.65. The number of nitriles is 1. The summed E-state index contributed by atoms with van der Waals surface area (Å²) in [5, 5.41) is 9.84. The van der Waals surface area contributed by atoms with Crippen molar-refractivity contribution in [3.63, 3.8) is 0 Å². The van der Waals surface area contributed by atoms with Crippen LogP contribution in [0.2, 0.25) is 0 Å². The largest absolute Gasteiger partial charge is 0.236 e. The summed E-state index contributed by atoms with van der Waals surface area (Å²) in [6.07, 6.45) is 20.6. The van der Waals surface area contributed by atoms with Crippen molar-refractivity contribution in [3.8, 4) is 17.5 Å². The highest BCUT2D eigenvalue weighted by Gasteiger charge is 2.35. The van der Waals surface area contributed by atoms with Crippen molar-refractivity contribution >= 4 is 0 Å². The zero-order valence-corrected chi connectivity index (χ0v) is 20.3. The van der Waals surface area contributed by atoms with Crippen LogP contribution >= 0.6 is 0 Å². The van der Waals surface area contributed by atoms with E-state index < -0.39 is 0 Å². The molecular formula is C29H41N3. The molecule has 0 unspecified atom stereocenters. The van der Waals surface area contributed by atoms with E-state index in [-0.39, 0.29) is 5.41 Å². The third-order valence-electron chi connectivity index (χ3n) is 7.35. The molecule has 3 nitrogen and oxygen atoms in total. The van der Waals surface area contributed by atoms with Crippen molar-refractivity contribution in [1.82, 2.24) is 9.97 Å². The van der Waals surface area contributed by atoms with Gasteiger partial charge >= 0.3 is 0 Å². The molecule has 1 aromatic carbocycles. The van der Waals surface area contributed by atoms with Gasteiger partial charge in [-0.3, -0.25) is 0 Å². The highest BCUT2D eigenvalue weighted by atomic mass is 14.9. The first kappa shape index (κ1) is 24.4. The molecular weight excluding hydrogens is 390 g/mol. The smallest absolute Gasteiger partial charge is 0.159 e. The maximum Gasteiger partial charge on any atom is 0.159 e. The molecule has 0 saturated heterocycles. The Morgan fingerprint density at radius 3 is 2.09 bits per heavy atom. The second-order valence-corrected chi connectivity index (χ2v) is 9.82. The van der Waals surface area contributed by atoms with Crippen molar-refractivity contribution < 1.29 is 0 Å². The van der Waals surface area contributed by atoms with E-state index in [9.17, 15) is 5.26 Å². The van der Waals surface area contributed by atoms with Gasteiger partial charge in [0.1, 0.15) is 0 Å². The Kier molecular flexibility index (Phi) is 9.72. The Bertz CT molecular complexity index is 824. The highest BCUT2D eigenvalue weighted by molar-refractivity contribution is 5.55. The van der Waals surface area contributed by atoms with Gasteiger partial charge in [-0.05, 0) is 62.0 Å². The number of hydrogen-bond donors (Lipinski definition) is 0. The van der Waals surface area contributed by atoms with E-state index in [4.69, 9.17) is 0 Å². The molecule has 1 aliphatic rings. The lowest BCUT2D eigenvalue weighted by molar-refractivity contribution is 0.223. The predicted octanol–water partition coefficient (Wildman–Crippen LogP) is 8.40. The highest BCUT2D eigenvalue weighted by Crippen LogP contribution is 2.45. The molecule has 0 spiro atoms. The van der Waals surface area contributed by atoms with Crippen LogP contribution in [0.5, 0.6) is 0 Å². The number of aromatic nitrogens is 2. The van der Waals surface area contributed by atoms with Crippen LogP contribution in [-0.2, 0) is 6.42 Å². The normalized spacial score (nSPS) is 20.7. The van der Waals surface area contributed by atoms with Gasteiger partial charge in [-0.15, -0.1) is 0 Å². The van der Waals surface area contributed by atoms with Gasteiger partial charge in [0, 0.05) is 18.0 Å². The van der Waals surface area contributed by atoms with Gasteiger partial charge in [0.25, 0.3) is 0 Å². The molecule has 0 aliphatic heterocycles. The second-order valence-electron chi connectivity index (χ2n) is 9.82. The minimum absolute atomic E-state index is 0.0731. The van der Waals surface area contributed by atoms with Crippen LogP contribution in [0.15, 0.2) is 36.7 Å². The Balaban J connectivity index is 1.52.